The molecule has 0 aromatic heterocycles. The second kappa shape index (κ2) is 9.84. The second-order valence-corrected chi connectivity index (χ2v) is 7.32. The molecule has 4 aromatic carbocycles. The van der Waals surface area contributed by atoms with Crippen LogP contribution in [0.3, 0.4) is 0 Å². The van der Waals surface area contributed by atoms with Gasteiger partial charge < -0.3 is 14.4 Å². The van der Waals surface area contributed by atoms with Gasteiger partial charge in [-0.3, -0.25) is 4.79 Å². The first-order valence-electron chi connectivity index (χ1n) is 10.4. The highest BCUT2D eigenvalue weighted by molar-refractivity contribution is 6.06. The number of carbonyl (C=O) groups is 1. The molecule has 4 nitrogen and oxygen atoms in total. The van der Waals surface area contributed by atoms with Crippen LogP contribution in [0.2, 0.25) is 0 Å². The second-order valence-electron chi connectivity index (χ2n) is 7.32. The number of hydrogen-bond donors (Lipinski definition) is 0. The Morgan fingerprint density at radius 1 is 0.719 bits per heavy atom. The monoisotopic (exact) mass is 423 g/mol. The first kappa shape index (κ1) is 21.2. The molecule has 0 heterocycles. The lowest BCUT2D eigenvalue weighted by Gasteiger charge is -2.25. The summed E-state index contributed by atoms with van der Waals surface area (Å²) in [6, 6.07) is 33.4. The van der Waals surface area contributed by atoms with Gasteiger partial charge in [-0.15, -0.1) is 0 Å². The predicted octanol–water partition coefficient (Wildman–Crippen LogP) is 6.22. The van der Waals surface area contributed by atoms with Crippen LogP contribution in [0, 0.1) is 0 Å². The molecule has 0 aliphatic rings. The van der Waals surface area contributed by atoms with Crippen LogP contribution < -0.4 is 14.4 Å². The van der Waals surface area contributed by atoms with E-state index in [4.69, 9.17) is 9.47 Å². The maximum Gasteiger partial charge on any atom is 0.258 e. The summed E-state index contributed by atoms with van der Waals surface area (Å²) in [5.41, 5.74) is 4.65. The van der Waals surface area contributed by atoms with Crippen molar-refractivity contribution in [1.29, 1.82) is 0 Å². The molecule has 0 unspecified atom stereocenters. The standard InChI is InChI=1S/C28H25NO3/c1-31-26-18-17-22(19-27(26)32-2)28(30)29(24-14-7-4-8-15-24)20-23-13-9-10-16-25(23)21-11-5-3-6-12-21/h3-19H,20H2,1-2H3. The van der Waals surface area contributed by atoms with Crippen molar-refractivity contribution in [3.8, 4) is 22.6 Å². The normalized spacial score (nSPS) is 10.4. The van der Waals surface area contributed by atoms with Crippen LogP contribution in [0.15, 0.2) is 103 Å². The molecule has 0 radical (unpaired) electrons. The number of nitrogens with zero attached hydrogens (tertiary/aromatic N) is 1. The summed E-state index contributed by atoms with van der Waals surface area (Å²) < 4.78 is 10.7. The maximum absolute atomic E-state index is 13.7. The number of rotatable bonds is 7. The molecule has 0 fully saturated rings. The summed E-state index contributed by atoms with van der Waals surface area (Å²) >= 11 is 0. The molecule has 0 N–H and O–H groups in total. The van der Waals surface area contributed by atoms with Crippen LogP contribution in [0.25, 0.3) is 11.1 Å². The number of benzene rings is 4. The SMILES string of the molecule is COc1ccc(C(=O)N(Cc2ccccc2-c2ccccc2)c2ccccc2)cc1OC. The van der Waals surface area contributed by atoms with Gasteiger partial charge >= 0.3 is 0 Å². The van der Waals surface area contributed by atoms with Crippen LogP contribution in [-0.4, -0.2) is 20.1 Å². The van der Waals surface area contributed by atoms with Crippen molar-refractivity contribution < 1.29 is 14.3 Å². The Hall–Kier alpha value is -4.05. The minimum atomic E-state index is -0.111. The van der Waals surface area contributed by atoms with Crippen LogP contribution in [-0.2, 0) is 6.54 Å². The van der Waals surface area contributed by atoms with E-state index in [1.165, 1.54) is 0 Å². The molecule has 4 rings (SSSR count). The molecule has 0 bridgehead atoms. The van der Waals surface area contributed by atoms with E-state index in [-0.39, 0.29) is 5.91 Å². The summed E-state index contributed by atoms with van der Waals surface area (Å²) in [5.74, 6) is 1.00. The molecule has 0 atom stereocenters. The highest BCUT2D eigenvalue weighted by Gasteiger charge is 2.21. The largest absolute Gasteiger partial charge is 0.493 e. The molecular formula is C28H25NO3. The fraction of sp³-hybridized carbons (Fsp3) is 0.107. The van der Waals surface area contributed by atoms with Crippen LogP contribution in [0.4, 0.5) is 5.69 Å². The van der Waals surface area contributed by atoms with Gasteiger partial charge in [0.05, 0.1) is 20.8 Å². The van der Waals surface area contributed by atoms with Gasteiger partial charge in [-0.2, -0.15) is 0 Å². The van der Waals surface area contributed by atoms with Crippen molar-refractivity contribution in [3.63, 3.8) is 0 Å². The first-order valence-corrected chi connectivity index (χ1v) is 10.4. The van der Waals surface area contributed by atoms with Gasteiger partial charge in [-0.05, 0) is 47.0 Å². The Balaban J connectivity index is 1.75. The zero-order valence-corrected chi connectivity index (χ0v) is 18.2. The van der Waals surface area contributed by atoms with Crippen molar-refractivity contribution >= 4 is 11.6 Å². The van der Waals surface area contributed by atoms with Gasteiger partial charge in [-0.1, -0.05) is 72.8 Å². The van der Waals surface area contributed by atoms with E-state index in [2.05, 4.69) is 24.3 Å². The van der Waals surface area contributed by atoms with Gasteiger partial charge in [0, 0.05) is 11.3 Å². The molecule has 0 spiro atoms. The number of ether oxygens (including phenoxy) is 2. The molecule has 1 amide bonds. The Morgan fingerprint density at radius 2 is 1.34 bits per heavy atom. The van der Waals surface area contributed by atoms with Gasteiger partial charge in [0.2, 0.25) is 0 Å². The smallest absolute Gasteiger partial charge is 0.258 e. The third kappa shape index (κ3) is 4.49. The number of hydrogen-bond acceptors (Lipinski definition) is 3. The molecule has 0 saturated heterocycles. The minimum Gasteiger partial charge on any atom is -0.493 e. The lowest BCUT2D eigenvalue weighted by molar-refractivity contribution is 0.0985. The molecule has 0 saturated carbocycles. The summed E-state index contributed by atoms with van der Waals surface area (Å²) in [6.07, 6.45) is 0. The summed E-state index contributed by atoms with van der Waals surface area (Å²) in [5, 5.41) is 0. The number of amides is 1. The van der Waals surface area contributed by atoms with Crippen LogP contribution >= 0.6 is 0 Å². The van der Waals surface area contributed by atoms with E-state index in [0.717, 1.165) is 22.4 Å². The minimum absolute atomic E-state index is 0.111. The van der Waals surface area contributed by atoms with E-state index in [1.807, 2.05) is 60.7 Å². The third-order valence-corrected chi connectivity index (χ3v) is 5.37. The molecule has 0 aliphatic carbocycles. The van der Waals surface area contributed by atoms with Crippen molar-refractivity contribution in [2.75, 3.05) is 19.1 Å². The molecular weight excluding hydrogens is 398 g/mol. The summed E-state index contributed by atoms with van der Waals surface area (Å²) in [7, 11) is 3.15. The average molecular weight is 424 g/mol. The highest BCUT2D eigenvalue weighted by atomic mass is 16.5. The van der Waals surface area contributed by atoms with Gasteiger partial charge in [0.15, 0.2) is 11.5 Å². The zero-order chi connectivity index (χ0) is 22.3. The number of para-hydroxylation sites is 1. The van der Waals surface area contributed by atoms with Crippen LogP contribution in [0.1, 0.15) is 15.9 Å². The molecule has 4 aromatic rings. The first-order chi connectivity index (χ1) is 15.7. The third-order valence-electron chi connectivity index (χ3n) is 5.37. The van der Waals surface area contributed by atoms with Crippen molar-refractivity contribution in [2.45, 2.75) is 6.54 Å². The lowest BCUT2D eigenvalue weighted by Crippen LogP contribution is -2.30. The van der Waals surface area contributed by atoms with Gasteiger partial charge in [-0.25, -0.2) is 0 Å². The van der Waals surface area contributed by atoms with E-state index >= 15 is 0 Å². The average Bonchev–Trinajstić information content (AvgIpc) is 2.87. The predicted molar refractivity (Wildman–Crippen MR) is 128 cm³/mol. The van der Waals surface area contributed by atoms with E-state index in [1.54, 1.807) is 37.3 Å². The van der Waals surface area contributed by atoms with Crippen LogP contribution in [0.5, 0.6) is 11.5 Å². The van der Waals surface area contributed by atoms with Gasteiger partial charge in [0.25, 0.3) is 5.91 Å². The Morgan fingerprint density at radius 3 is 2.03 bits per heavy atom. The number of carbonyl (C=O) groups excluding carboxylic acids is 1. The highest BCUT2D eigenvalue weighted by Crippen LogP contribution is 2.31. The zero-order valence-electron chi connectivity index (χ0n) is 18.2. The topological polar surface area (TPSA) is 38.8 Å². The Labute approximate surface area is 188 Å². The fourth-order valence-electron chi connectivity index (χ4n) is 3.74. The molecule has 160 valence electrons. The van der Waals surface area contributed by atoms with Crippen molar-refractivity contribution in [3.05, 3.63) is 114 Å². The number of methoxy groups -OCH3 is 2. The maximum atomic E-state index is 13.7. The quantitative estimate of drug-likeness (QED) is 0.354. The number of anilines is 1. The summed E-state index contributed by atoms with van der Waals surface area (Å²) in [4.78, 5) is 15.5. The fourth-order valence-corrected chi connectivity index (χ4v) is 3.74. The van der Waals surface area contributed by atoms with E-state index in [9.17, 15) is 4.79 Å². The Kier molecular flexibility index (Phi) is 6.52. The van der Waals surface area contributed by atoms with Gasteiger partial charge in [0.1, 0.15) is 0 Å². The van der Waals surface area contributed by atoms with Crippen molar-refractivity contribution in [2.24, 2.45) is 0 Å². The van der Waals surface area contributed by atoms with E-state index in [0.29, 0.717) is 23.6 Å². The lowest BCUT2D eigenvalue weighted by atomic mass is 9.99. The molecule has 32 heavy (non-hydrogen) atoms. The molecule has 0 aliphatic heterocycles. The molecule has 4 heteroatoms. The summed E-state index contributed by atoms with van der Waals surface area (Å²) in [6.45, 7) is 0.433. The Bertz CT molecular complexity index is 1190. The van der Waals surface area contributed by atoms with Crippen molar-refractivity contribution in [1.82, 2.24) is 0 Å². The van der Waals surface area contributed by atoms with E-state index < -0.39 is 0 Å².